The quantitative estimate of drug-likeness (QED) is 0.114. The van der Waals surface area contributed by atoms with Gasteiger partial charge in [-0.05, 0) is 111 Å². The van der Waals surface area contributed by atoms with Gasteiger partial charge in [-0.1, -0.05) is 6.58 Å². The van der Waals surface area contributed by atoms with Crippen molar-refractivity contribution in [3.8, 4) is 0 Å². The fourth-order valence-corrected chi connectivity index (χ4v) is 6.91. The molecule has 8 bridgehead atoms. The van der Waals surface area contributed by atoms with Crippen LogP contribution in [0.2, 0.25) is 0 Å². The number of hydrogen-bond donors (Lipinski definition) is 6. The molecule has 3 aromatic rings. The van der Waals surface area contributed by atoms with Crippen LogP contribution in [0.1, 0.15) is 85.1 Å². The lowest BCUT2D eigenvalue weighted by molar-refractivity contribution is -0.137. The van der Waals surface area contributed by atoms with Gasteiger partial charge in [-0.2, -0.15) is 12.6 Å². The number of nitrogens with zero attached hydrogens (tertiary/aromatic N) is 3. The second kappa shape index (κ2) is 12.3. The molecule has 0 saturated carbocycles. The molecular formula is C34H37N5O4S2. The van der Waals surface area contributed by atoms with E-state index in [2.05, 4.69) is 24.2 Å². The highest BCUT2D eigenvalue weighted by molar-refractivity contribution is 7.90. The van der Waals surface area contributed by atoms with E-state index in [1.807, 2.05) is 58.9 Å². The van der Waals surface area contributed by atoms with E-state index >= 15 is 0 Å². The summed E-state index contributed by atoms with van der Waals surface area (Å²) in [5, 5.41) is 19.0. The molecule has 0 fully saturated rings. The molecule has 0 saturated heterocycles. The maximum Gasteiger partial charge on any atom is 0.303 e. The second-order valence-electron chi connectivity index (χ2n) is 11.6. The summed E-state index contributed by atoms with van der Waals surface area (Å²) in [6, 6.07) is 7.70. The van der Waals surface area contributed by atoms with E-state index in [1.165, 1.54) is 0 Å². The number of aromatic nitrogens is 4. The zero-order valence-electron chi connectivity index (χ0n) is 25.9. The molecule has 0 amide bonds. The van der Waals surface area contributed by atoms with Gasteiger partial charge in [0.1, 0.15) is 0 Å². The normalized spacial score (nSPS) is 13.8. The van der Waals surface area contributed by atoms with E-state index in [-0.39, 0.29) is 30.9 Å². The maximum absolute atomic E-state index is 11.6. The average Bonchev–Trinajstić information content (AvgIpc) is 3.59. The molecule has 45 heavy (non-hydrogen) atoms. The highest BCUT2D eigenvalue weighted by atomic mass is 32.1. The number of fused-ring (bicyclic) bond motifs is 8. The number of aromatic amines is 1. The molecule has 3 aromatic heterocycles. The Morgan fingerprint density at radius 1 is 0.889 bits per heavy atom. The lowest BCUT2D eigenvalue weighted by Crippen LogP contribution is -2.07. The number of thiol groups is 2. The van der Waals surface area contributed by atoms with Crippen LogP contribution in [0.5, 0.6) is 0 Å². The Bertz CT molecular complexity index is 2030. The smallest absolute Gasteiger partial charge is 0.303 e. The lowest BCUT2D eigenvalue weighted by atomic mass is 9.99. The fourth-order valence-electron chi connectivity index (χ4n) is 6.30. The van der Waals surface area contributed by atoms with Crippen molar-refractivity contribution < 1.29 is 19.8 Å². The standard InChI is InChI=1S/C34H37N5O4S2/c1-15-21(7-9-31(40)41)26-13-30-22(8-10-32(42)43)16(2)29(39(30)35)14-28-34(20(6)45)18(4)25(38-28)12-27-33(19(5)44)17(3)24(37-27)11-23(15)36-26/h11-14,19,38,44-45H,6-10,35H2,1-5H3,(H,40,41)(H,42,43)/t19-/m0/s1. The number of nitrogens with two attached hydrogens (primary N) is 1. The van der Waals surface area contributed by atoms with Crippen LogP contribution in [0, 0.1) is 13.8 Å². The number of aliphatic carboxylic acids is 2. The van der Waals surface area contributed by atoms with Crippen LogP contribution in [-0.4, -0.2) is 47.0 Å². The van der Waals surface area contributed by atoms with Crippen molar-refractivity contribution in [2.45, 2.75) is 65.6 Å². The van der Waals surface area contributed by atoms with Crippen molar-refractivity contribution >= 4 is 86.5 Å². The maximum atomic E-state index is 11.6. The van der Waals surface area contributed by atoms with Crippen LogP contribution < -0.4 is 5.84 Å². The second-order valence-corrected chi connectivity index (χ2v) is 12.9. The number of nitrogens with one attached hydrogen (secondary N) is 1. The Balaban J connectivity index is 2.00. The number of H-pyrrole nitrogens is 1. The van der Waals surface area contributed by atoms with Gasteiger partial charge in [0, 0.05) is 39.6 Å². The minimum absolute atomic E-state index is 0.0703. The van der Waals surface area contributed by atoms with Crippen molar-refractivity contribution in [1.29, 1.82) is 0 Å². The summed E-state index contributed by atoms with van der Waals surface area (Å²) in [4.78, 5) is 37.4. The summed E-state index contributed by atoms with van der Waals surface area (Å²) < 4.78 is 1.55. The minimum atomic E-state index is -0.921. The fraction of sp³-hybridized carbons (Fsp3) is 0.294. The molecule has 9 nitrogen and oxygen atoms in total. The van der Waals surface area contributed by atoms with Crippen molar-refractivity contribution in [1.82, 2.24) is 19.6 Å². The Morgan fingerprint density at radius 3 is 2.13 bits per heavy atom. The van der Waals surface area contributed by atoms with E-state index in [1.54, 1.807) is 4.68 Å². The molecule has 5 rings (SSSR count). The Labute approximate surface area is 272 Å². The Kier molecular flexibility index (Phi) is 8.79. The first-order valence-corrected chi connectivity index (χ1v) is 15.6. The van der Waals surface area contributed by atoms with Crippen molar-refractivity contribution in [3.63, 3.8) is 0 Å². The first-order valence-electron chi connectivity index (χ1n) is 14.6. The van der Waals surface area contributed by atoms with Crippen LogP contribution in [0.25, 0.3) is 49.3 Å². The van der Waals surface area contributed by atoms with Gasteiger partial charge in [0.05, 0.1) is 33.8 Å². The van der Waals surface area contributed by atoms with Gasteiger partial charge in [-0.25, -0.2) is 9.97 Å². The van der Waals surface area contributed by atoms with Crippen molar-refractivity contribution in [3.05, 3.63) is 75.9 Å². The van der Waals surface area contributed by atoms with E-state index in [0.29, 0.717) is 27.3 Å². The van der Waals surface area contributed by atoms with E-state index in [0.717, 1.165) is 67.0 Å². The lowest BCUT2D eigenvalue weighted by Gasteiger charge is -2.07. The molecule has 0 aromatic carbocycles. The Morgan fingerprint density at radius 2 is 1.51 bits per heavy atom. The minimum Gasteiger partial charge on any atom is -0.481 e. The summed E-state index contributed by atoms with van der Waals surface area (Å²) in [6.07, 6.45) is 0.364. The van der Waals surface area contributed by atoms with Crippen LogP contribution >= 0.6 is 25.3 Å². The molecule has 0 unspecified atom stereocenters. The summed E-state index contributed by atoms with van der Waals surface area (Å²) in [7, 11) is 0. The van der Waals surface area contributed by atoms with Gasteiger partial charge >= 0.3 is 11.9 Å². The molecule has 2 aliphatic heterocycles. The number of rotatable bonds is 8. The SMILES string of the molecule is C=C(S)c1c(C)c2cc3nc(cc4nc(cc5c(CCC(=O)O)c(C)c(cc1[nH]2)n5N)C(CCC(=O)O)=C4C)C(C)=C3[C@H](C)S. The first kappa shape index (κ1) is 32.2. The van der Waals surface area contributed by atoms with Gasteiger partial charge in [0.15, 0.2) is 0 Å². The van der Waals surface area contributed by atoms with Crippen LogP contribution in [0.15, 0.2) is 30.8 Å². The van der Waals surface area contributed by atoms with Crippen LogP contribution in [0.4, 0.5) is 0 Å². The third kappa shape index (κ3) is 5.94. The number of carboxylic acids is 2. The third-order valence-corrected chi connectivity index (χ3v) is 9.15. The number of allylic oxidation sites excluding steroid dienone is 3. The largest absolute Gasteiger partial charge is 0.481 e. The molecule has 0 radical (unpaired) electrons. The third-order valence-electron chi connectivity index (χ3n) is 8.67. The summed E-state index contributed by atoms with van der Waals surface area (Å²) in [6.45, 7) is 14.0. The predicted octanol–water partition coefficient (Wildman–Crippen LogP) is 7.08. The van der Waals surface area contributed by atoms with Gasteiger partial charge in [-0.15, -0.1) is 12.6 Å². The number of aryl methyl sites for hydroxylation is 3. The summed E-state index contributed by atoms with van der Waals surface area (Å²) >= 11 is 9.41. The molecule has 1 atom stereocenters. The van der Waals surface area contributed by atoms with Crippen LogP contribution in [0.3, 0.4) is 0 Å². The highest BCUT2D eigenvalue weighted by Crippen LogP contribution is 2.39. The summed E-state index contributed by atoms with van der Waals surface area (Å²) in [5.41, 5.74) is 12.7. The zero-order valence-corrected chi connectivity index (χ0v) is 27.7. The van der Waals surface area contributed by atoms with Crippen molar-refractivity contribution in [2.24, 2.45) is 0 Å². The van der Waals surface area contributed by atoms with E-state index < -0.39 is 11.9 Å². The average molecular weight is 644 g/mol. The first-order chi connectivity index (χ1) is 21.2. The molecule has 5 heterocycles. The van der Waals surface area contributed by atoms with Gasteiger partial charge < -0.3 is 21.0 Å². The Hall–Kier alpha value is -4.22. The monoisotopic (exact) mass is 643 g/mol. The van der Waals surface area contributed by atoms with Gasteiger partial charge in [0.2, 0.25) is 0 Å². The molecular weight excluding hydrogens is 607 g/mol. The topological polar surface area (TPSA) is 147 Å². The predicted molar refractivity (Wildman–Crippen MR) is 189 cm³/mol. The summed E-state index contributed by atoms with van der Waals surface area (Å²) in [5.74, 6) is 4.96. The van der Waals surface area contributed by atoms with E-state index in [9.17, 15) is 19.8 Å². The molecule has 2 aliphatic rings. The van der Waals surface area contributed by atoms with Gasteiger partial charge in [-0.3, -0.25) is 14.3 Å². The highest BCUT2D eigenvalue weighted by Gasteiger charge is 2.24. The number of nitrogen functional groups attached to an aromatic ring is 1. The van der Waals surface area contributed by atoms with Gasteiger partial charge in [0.25, 0.3) is 0 Å². The molecule has 11 heteroatoms. The number of carboxylic acid groups (broad SMARTS) is 2. The molecule has 0 aliphatic carbocycles. The number of hydrogen-bond acceptors (Lipinski definition) is 7. The van der Waals surface area contributed by atoms with E-state index in [4.69, 9.17) is 28.4 Å². The number of carbonyl (C=O) groups is 2. The van der Waals surface area contributed by atoms with Crippen LogP contribution in [-0.2, 0) is 16.0 Å². The molecule has 0 spiro atoms. The molecule has 5 N–H and O–H groups in total. The molecule has 234 valence electrons. The zero-order chi connectivity index (χ0) is 32.9. The van der Waals surface area contributed by atoms with Crippen molar-refractivity contribution in [2.75, 3.05) is 5.84 Å².